The summed E-state index contributed by atoms with van der Waals surface area (Å²) in [5.74, 6) is 0.813. The van der Waals surface area contributed by atoms with Gasteiger partial charge in [-0.15, -0.1) is 12.4 Å². The topological polar surface area (TPSA) is 58.4 Å². The highest BCUT2D eigenvalue weighted by molar-refractivity contribution is 7.98. The minimum absolute atomic E-state index is 0. The molecular formula is C20H28ClN3OS. The number of hydrogen-bond donors (Lipinski definition) is 2. The van der Waals surface area contributed by atoms with E-state index in [4.69, 9.17) is 5.73 Å². The Hall–Kier alpha value is -1.69. The fourth-order valence-corrected chi connectivity index (χ4v) is 3.10. The van der Waals surface area contributed by atoms with Gasteiger partial charge in [0.2, 0.25) is 5.91 Å². The van der Waals surface area contributed by atoms with E-state index in [2.05, 4.69) is 53.5 Å². The first-order chi connectivity index (χ1) is 12.2. The number of rotatable bonds is 9. The van der Waals surface area contributed by atoms with Crippen molar-refractivity contribution in [1.29, 1.82) is 0 Å². The van der Waals surface area contributed by atoms with E-state index in [1.54, 1.807) is 11.8 Å². The lowest BCUT2D eigenvalue weighted by atomic mass is 10.1. The van der Waals surface area contributed by atoms with E-state index in [-0.39, 0.29) is 18.3 Å². The highest BCUT2D eigenvalue weighted by atomic mass is 35.5. The Morgan fingerprint density at radius 2 is 1.73 bits per heavy atom. The van der Waals surface area contributed by atoms with Crippen molar-refractivity contribution in [3.63, 3.8) is 0 Å². The lowest BCUT2D eigenvalue weighted by molar-refractivity contribution is -0.122. The van der Waals surface area contributed by atoms with Crippen molar-refractivity contribution >= 4 is 41.5 Å². The summed E-state index contributed by atoms with van der Waals surface area (Å²) in [6.07, 6.45) is 2.72. The third-order valence-corrected chi connectivity index (χ3v) is 4.71. The van der Waals surface area contributed by atoms with Crippen LogP contribution in [0.2, 0.25) is 0 Å². The van der Waals surface area contributed by atoms with Crippen LogP contribution in [0.1, 0.15) is 18.9 Å². The van der Waals surface area contributed by atoms with E-state index in [1.807, 2.05) is 24.5 Å². The average Bonchev–Trinajstić information content (AvgIpc) is 2.66. The Morgan fingerprint density at radius 3 is 2.31 bits per heavy atom. The maximum absolute atomic E-state index is 12.0. The van der Waals surface area contributed by atoms with Gasteiger partial charge in [0.15, 0.2) is 0 Å². The number of anilines is 2. The normalized spacial score (nSPS) is 11.3. The molecule has 0 spiro atoms. The molecule has 0 aromatic heterocycles. The van der Waals surface area contributed by atoms with Crippen LogP contribution in [-0.4, -0.2) is 30.5 Å². The molecular weight excluding hydrogens is 366 g/mol. The van der Waals surface area contributed by atoms with E-state index >= 15 is 0 Å². The van der Waals surface area contributed by atoms with Gasteiger partial charge in [-0.05, 0) is 55.2 Å². The second-order valence-electron chi connectivity index (χ2n) is 5.85. The van der Waals surface area contributed by atoms with Gasteiger partial charge >= 0.3 is 0 Å². The van der Waals surface area contributed by atoms with Gasteiger partial charge in [0.1, 0.15) is 0 Å². The molecule has 0 aliphatic carbocycles. The fourth-order valence-electron chi connectivity index (χ4n) is 2.61. The molecule has 0 heterocycles. The van der Waals surface area contributed by atoms with Crippen LogP contribution < -0.4 is 16.0 Å². The van der Waals surface area contributed by atoms with Crippen LogP contribution in [0, 0.1) is 0 Å². The fraction of sp³-hybridized carbons (Fsp3) is 0.350. The Balaban J connectivity index is 0.00000338. The number of para-hydroxylation sites is 1. The lowest BCUT2D eigenvalue weighted by Crippen LogP contribution is -2.40. The predicted octanol–water partition coefficient (Wildman–Crippen LogP) is 3.96. The number of thioether (sulfide) groups is 1. The Kier molecular flexibility index (Phi) is 10.2. The van der Waals surface area contributed by atoms with E-state index in [1.165, 1.54) is 5.69 Å². The monoisotopic (exact) mass is 393 g/mol. The molecule has 6 heteroatoms. The second-order valence-corrected chi connectivity index (χ2v) is 6.84. The van der Waals surface area contributed by atoms with Crippen LogP contribution in [0.5, 0.6) is 0 Å². The molecule has 0 aliphatic rings. The molecule has 142 valence electrons. The van der Waals surface area contributed by atoms with Crippen LogP contribution in [-0.2, 0) is 11.3 Å². The molecule has 0 fully saturated rings. The van der Waals surface area contributed by atoms with E-state index in [0.717, 1.165) is 23.5 Å². The van der Waals surface area contributed by atoms with Crippen molar-refractivity contribution in [1.82, 2.24) is 5.32 Å². The van der Waals surface area contributed by atoms with Gasteiger partial charge in [-0.1, -0.05) is 30.3 Å². The SMILES string of the molecule is CCN(c1ccccc1)c1ccc(CNC(=O)[C@@H](N)CCSC)cc1.Cl. The van der Waals surface area contributed by atoms with Crippen molar-refractivity contribution in [2.45, 2.75) is 25.9 Å². The van der Waals surface area contributed by atoms with Crippen molar-refractivity contribution < 1.29 is 4.79 Å². The number of carbonyl (C=O) groups excluding carboxylic acids is 1. The molecule has 2 aromatic rings. The number of nitrogens with two attached hydrogens (primary N) is 1. The minimum atomic E-state index is -0.430. The third kappa shape index (κ3) is 6.56. The third-order valence-electron chi connectivity index (χ3n) is 4.07. The average molecular weight is 394 g/mol. The van der Waals surface area contributed by atoms with Gasteiger partial charge in [0.25, 0.3) is 0 Å². The first-order valence-electron chi connectivity index (χ1n) is 8.59. The summed E-state index contributed by atoms with van der Waals surface area (Å²) in [6.45, 7) is 3.53. The number of amides is 1. The van der Waals surface area contributed by atoms with Crippen LogP contribution in [0.15, 0.2) is 54.6 Å². The number of halogens is 1. The van der Waals surface area contributed by atoms with Crippen LogP contribution in [0.4, 0.5) is 11.4 Å². The molecule has 0 unspecified atom stereocenters. The minimum Gasteiger partial charge on any atom is -0.351 e. The number of carbonyl (C=O) groups is 1. The van der Waals surface area contributed by atoms with Crippen LogP contribution >= 0.6 is 24.2 Å². The highest BCUT2D eigenvalue weighted by Gasteiger charge is 2.12. The number of benzene rings is 2. The quantitative estimate of drug-likeness (QED) is 0.676. The summed E-state index contributed by atoms with van der Waals surface area (Å²) < 4.78 is 0. The summed E-state index contributed by atoms with van der Waals surface area (Å²) in [6, 6.07) is 18.2. The zero-order chi connectivity index (χ0) is 18.1. The summed E-state index contributed by atoms with van der Waals surface area (Å²) in [4.78, 5) is 14.2. The van der Waals surface area contributed by atoms with Gasteiger partial charge in [-0.3, -0.25) is 4.79 Å². The summed E-state index contributed by atoms with van der Waals surface area (Å²) in [7, 11) is 0. The van der Waals surface area contributed by atoms with Crippen molar-refractivity contribution in [2.24, 2.45) is 5.73 Å². The molecule has 1 atom stereocenters. The first kappa shape index (κ1) is 22.4. The molecule has 1 amide bonds. The van der Waals surface area contributed by atoms with Gasteiger partial charge in [0, 0.05) is 24.5 Å². The van der Waals surface area contributed by atoms with Gasteiger partial charge in [0.05, 0.1) is 6.04 Å². The summed E-state index contributed by atoms with van der Waals surface area (Å²) >= 11 is 1.70. The van der Waals surface area contributed by atoms with E-state index in [9.17, 15) is 4.79 Å². The van der Waals surface area contributed by atoms with Crippen molar-refractivity contribution in [3.05, 3.63) is 60.2 Å². The standard InChI is InChI=1S/C20H27N3OS.ClH/c1-3-23(17-7-5-4-6-8-17)18-11-9-16(10-12-18)15-22-20(24)19(21)13-14-25-2;/h4-12,19H,3,13-15,21H2,1-2H3,(H,22,24);1H/t19-;/m0./s1. The molecule has 0 saturated heterocycles. The largest absolute Gasteiger partial charge is 0.351 e. The Morgan fingerprint density at radius 1 is 1.12 bits per heavy atom. The van der Waals surface area contributed by atoms with E-state index in [0.29, 0.717) is 13.0 Å². The zero-order valence-electron chi connectivity index (χ0n) is 15.4. The van der Waals surface area contributed by atoms with Crippen LogP contribution in [0.25, 0.3) is 0 Å². The Labute approximate surface area is 166 Å². The van der Waals surface area contributed by atoms with Crippen molar-refractivity contribution in [2.75, 3.05) is 23.5 Å². The Bertz CT molecular complexity index is 652. The molecule has 2 aromatic carbocycles. The van der Waals surface area contributed by atoms with Gasteiger partial charge in [-0.2, -0.15) is 11.8 Å². The van der Waals surface area contributed by atoms with Gasteiger partial charge < -0.3 is 16.0 Å². The molecule has 3 N–H and O–H groups in total. The lowest BCUT2D eigenvalue weighted by Gasteiger charge is -2.23. The summed E-state index contributed by atoms with van der Waals surface area (Å²) in [5, 5.41) is 2.92. The maximum atomic E-state index is 12.0. The second kappa shape index (κ2) is 11.8. The molecule has 4 nitrogen and oxygen atoms in total. The van der Waals surface area contributed by atoms with Gasteiger partial charge in [-0.25, -0.2) is 0 Å². The number of hydrogen-bond acceptors (Lipinski definition) is 4. The van der Waals surface area contributed by atoms with E-state index < -0.39 is 6.04 Å². The number of nitrogens with zero attached hydrogens (tertiary/aromatic N) is 1. The highest BCUT2D eigenvalue weighted by Crippen LogP contribution is 2.24. The number of nitrogens with one attached hydrogen (secondary N) is 1. The first-order valence-corrected chi connectivity index (χ1v) is 9.98. The zero-order valence-corrected chi connectivity index (χ0v) is 17.0. The molecule has 0 saturated carbocycles. The predicted molar refractivity (Wildman–Crippen MR) is 116 cm³/mol. The molecule has 2 rings (SSSR count). The molecule has 26 heavy (non-hydrogen) atoms. The maximum Gasteiger partial charge on any atom is 0.237 e. The van der Waals surface area contributed by atoms with Crippen LogP contribution in [0.3, 0.4) is 0 Å². The molecule has 0 aliphatic heterocycles. The molecule has 0 bridgehead atoms. The smallest absolute Gasteiger partial charge is 0.237 e. The van der Waals surface area contributed by atoms with Crippen molar-refractivity contribution in [3.8, 4) is 0 Å². The molecule has 0 radical (unpaired) electrons. The summed E-state index contributed by atoms with van der Waals surface area (Å²) in [5.41, 5.74) is 9.26.